The fourth-order valence-corrected chi connectivity index (χ4v) is 1.78. The van der Waals surface area contributed by atoms with Crippen molar-refractivity contribution in [2.45, 2.75) is 13.2 Å². The summed E-state index contributed by atoms with van der Waals surface area (Å²) in [6.07, 6.45) is 1.41. The molecule has 0 saturated carbocycles. The molecule has 106 valence electrons. The van der Waals surface area contributed by atoms with Crippen LogP contribution in [0.25, 0.3) is 0 Å². The van der Waals surface area contributed by atoms with Crippen LogP contribution in [0.4, 0.5) is 5.69 Å². The first-order valence-corrected chi connectivity index (χ1v) is 6.15. The highest BCUT2D eigenvalue weighted by molar-refractivity contribution is 5.84. The van der Waals surface area contributed by atoms with Crippen LogP contribution in [0.2, 0.25) is 0 Å². The zero-order valence-corrected chi connectivity index (χ0v) is 11.1. The number of aromatic nitrogens is 3. The van der Waals surface area contributed by atoms with Crippen molar-refractivity contribution < 1.29 is 14.6 Å². The van der Waals surface area contributed by atoms with Crippen molar-refractivity contribution in [1.29, 1.82) is 0 Å². The van der Waals surface area contributed by atoms with Crippen LogP contribution in [0.5, 0.6) is 0 Å². The molecular weight excluding hydrogens is 260 g/mol. The predicted molar refractivity (Wildman–Crippen MR) is 72.6 cm³/mol. The highest BCUT2D eigenvalue weighted by atomic mass is 16.5. The minimum absolute atomic E-state index is 0.0511. The molecular formula is C13H16N4O3. The van der Waals surface area contributed by atoms with Crippen molar-refractivity contribution in [3.8, 4) is 0 Å². The van der Waals surface area contributed by atoms with Crippen molar-refractivity contribution in [1.82, 2.24) is 15.0 Å². The maximum absolute atomic E-state index is 10.7. The molecule has 7 nitrogen and oxygen atoms in total. The van der Waals surface area contributed by atoms with Gasteiger partial charge in [-0.05, 0) is 6.07 Å². The van der Waals surface area contributed by atoms with E-state index in [9.17, 15) is 4.79 Å². The number of anilines is 1. The molecule has 0 saturated heterocycles. The lowest BCUT2D eigenvalue weighted by atomic mass is 10.2. The van der Waals surface area contributed by atoms with E-state index in [0.29, 0.717) is 19.7 Å². The highest BCUT2D eigenvalue weighted by Crippen LogP contribution is 2.15. The molecule has 0 bridgehead atoms. The van der Waals surface area contributed by atoms with E-state index in [1.165, 1.54) is 10.9 Å². The normalized spacial score (nSPS) is 10.4. The van der Waals surface area contributed by atoms with Gasteiger partial charge in [0.15, 0.2) is 5.69 Å². The molecule has 1 heterocycles. The minimum atomic E-state index is -1.07. The molecule has 0 unspecified atom stereocenters. The number of hydrogen-bond donors (Lipinski definition) is 2. The Labute approximate surface area is 116 Å². The Morgan fingerprint density at radius 3 is 2.95 bits per heavy atom. The first-order valence-electron chi connectivity index (χ1n) is 6.15. The summed E-state index contributed by atoms with van der Waals surface area (Å²) >= 11 is 0. The van der Waals surface area contributed by atoms with Crippen LogP contribution in [0.15, 0.2) is 30.5 Å². The lowest BCUT2D eigenvalue weighted by Crippen LogP contribution is -2.12. The largest absolute Gasteiger partial charge is 0.476 e. The number of hydrogen-bond acceptors (Lipinski definition) is 5. The SMILES string of the molecule is COCc1ccccc1NCCn1cc(C(=O)O)nn1. The summed E-state index contributed by atoms with van der Waals surface area (Å²) in [5.41, 5.74) is 2.01. The van der Waals surface area contributed by atoms with E-state index in [-0.39, 0.29) is 5.69 Å². The summed E-state index contributed by atoms with van der Waals surface area (Å²) in [5.74, 6) is -1.07. The third kappa shape index (κ3) is 3.55. The van der Waals surface area contributed by atoms with Gasteiger partial charge in [0, 0.05) is 24.9 Å². The van der Waals surface area contributed by atoms with Crippen molar-refractivity contribution in [2.24, 2.45) is 0 Å². The van der Waals surface area contributed by atoms with Crippen LogP contribution in [-0.2, 0) is 17.9 Å². The van der Waals surface area contributed by atoms with Gasteiger partial charge < -0.3 is 15.2 Å². The van der Waals surface area contributed by atoms with Gasteiger partial charge in [0.05, 0.1) is 19.3 Å². The molecule has 1 aromatic carbocycles. The monoisotopic (exact) mass is 276 g/mol. The molecule has 20 heavy (non-hydrogen) atoms. The van der Waals surface area contributed by atoms with Crippen molar-refractivity contribution in [3.05, 3.63) is 41.7 Å². The lowest BCUT2D eigenvalue weighted by molar-refractivity contribution is 0.0690. The molecule has 0 fully saturated rings. The van der Waals surface area contributed by atoms with Gasteiger partial charge in [0.2, 0.25) is 0 Å². The number of para-hydroxylation sites is 1. The van der Waals surface area contributed by atoms with Crippen LogP contribution in [0.3, 0.4) is 0 Å². The number of aromatic carboxylic acids is 1. The zero-order chi connectivity index (χ0) is 14.4. The van der Waals surface area contributed by atoms with Crippen LogP contribution in [0.1, 0.15) is 16.1 Å². The third-order valence-corrected chi connectivity index (χ3v) is 2.73. The third-order valence-electron chi connectivity index (χ3n) is 2.73. The van der Waals surface area contributed by atoms with Gasteiger partial charge >= 0.3 is 5.97 Å². The summed E-state index contributed by atoms with van der Waals surface area (Å²) in [5, 5.41) is 19.3. The van der Waals surface area contributed by atoms with E-state index >= 15 is 0 Å². The number of rotatable bonds is 7. The van der Waals surface area contributed by atoms with E-state index in [2.05, 4.69) is 15.6 Å². The second-order valence-corrected chi connectivity index (χ2v) is 4.19. The highest BCUT2D eigenvalue weighted by Gasteiger charge is 2.07. The molecule has 2 N–H and O–H groups in total. The topological polar surface area (TPSA) is 89.3 Å². The minimum Gasteiger partial charge on any atom is -0.476 e. The number of carboxylic acids is 1. The Morgan fingerprint density at radius 1 is 1.45 bits per heavy atom. The molecule has 7 heteroatoms. The Kier molecular flexibility index (Phi) is 4.67. The van der Waals surface area contributed by atoms with Crippen LogP contribution in [-0.4, -0.2) is 39.7 Å². The fourth-order valence-electron chi connectivity index (χ4n) is 1.78. The summed E-state index contributed by atoms with van der Waals surface area (Å²) in [6, 6.07) is 7.86. The number of nitrogens with zero attached hydrogens (tertiary/aromatic N) is 3. The van der Waals surface area contributed by atoms with Gasteiger partial charge in [-0.15, -0.1) is 5.10 Å². The maximum atomic E-state index is 10.7. The smallest absolute Gasteiger partial charge is 0.358 e. The first-order chi connectivity index (χ1) is 9.70. The van der Waals surface area contributed by atoms with Gasteiger partial charge in [-0.1, -0.05) is 23.4 Å². The average Bonchev–Trinajstić information content (AvgIpc) is 2.90. The van der Waals surface area contributed by atoms with Gasteiger partial charge in [-0.3, -0.25) is 0 Å². The quantitative estimate of drug-likeness (QED) is 0.790. The van der Waals surface area contributed by atoms with E-state index < -0.39 is 5.97 Å². The van der Waals surface area contributed by atoms with Crippen LogP contribution >= 0.6 is 0 Å². The standard InChI is InChI=1S/C13H16N4O3/c1-20-9-10-4-2-3-5-11(10)14-6-7-17-8-12(13(18)19)15-16-17/h2-5,8,14H,6-7,9H2,1H3,(H,18,19). The Bertz CT molecular complexity index is 583. The Balaban J connectivity index is 1.90. The van der Waals surface area contributed by atoms with E-state index in [4.69, 9.17) is 9.84 Å². The van der Waals surface area contributed by atoms with Gasteiger partial charge in [-0.25, -0.2) is 9.48 Å². The number of carboxylic acid groups (broad SMARTS) is 1. The molecule has 0 aliphatic rings. The lowest BCUT2D eigenvalue weighted by Gasteiger charge is -2.11. The van der Waals surface area contributed by atoms with E-state index in [0.717, 1.165) is 11.3 Å². The zero-order valence-electron chi connectivity index (χ0n) is 11.1. The van der Waals surface area contributed by atoms with Crippen molar-refractivity contribution in [3.63, 3.8) is 0 Å². The summed E-state index contributed by atoms with van der Waals surface area (Å²) in [4.78, 5) is 10.7. The summed E-state index contributed by atoms with van der Waals surface area (Å²) < 4.78 is 6.63. The molecule has 0 aliphatic heterocycles. The number of methoxy groups -OCH3 is 1. The summed E-state index contributed by atoms with van der Waals surface area (Å²) in [7, 11) is 1.65. The van der Waals surface area contributed by atoms with Crippen LogP contribution < -0.4 is 5.32 Å². The van der Waals surface area contributed by atoms with Gasteiger partial charge in [0.25, 0.3) is 0 Å². The number of nitrogens with one attached hydrogen (secondary N) is 1. The number of carbonyl (C=O) groups is 1. The number of benzene rings is 1. The molecule has 2 aromatic rings. The molecule has 0 spiro atoms. The molecule has 0 atom stereocenters. The fraction of sp³-hybridized carbons (Fsp3) is 0.308. The molecule has 1 aromatic heterocycles. The average molecular weight is 276 g/mol. The molecule has 0 amide bonds. The molecule has 0 radical (unpaired) electrons. The van der Waals surface area contributed by atoms with Gasteiger partial charge in [-0.2, -0.15) is 0 Å². The second kappa shape index (κ2) is 6.67. The van der Waals surface area contributed by atoms with E-state index in [1.54, 1.807) is 7.11 Å². The van der Waals surface area contributed by atoms with Crippen molar-refractivity contribution >= 4 is 11.7 Å². The van der Waals surface area contributed by atoms with Crippen LogP contribution in [0, 0.1) is 0 Å². The first kappa shape index (κ1) is 14.0. The summed E-state index contributed by atoms with van der Waals surface area (Å²) in [6.45, 7) is 1.68. The maximum Gasteiger partial charge on any atom is 0.358 e. The molecule has 0 aliphatic carbocycles. The predicted octanol–water partition coefficient (Wildman–Crippen LogP) is 1.23. The Hall–Kier alpha value is -2.41. The van der Waals surface area contributed by atoms with Crippen molar-refractivity contribution in [2.75, 3.05) is 19.0 Å². The molecule has 2 rings (SSSR count). The second-order valence-electron chi connectivity index (χ2n) is 4.19. The Morgan fingerprint density at radius 2 is 2.25 bits per heavy atom. The van der Waals surface area contributed by atoms with E-state index in [1.807, 2.05) is 24.3 Å². The number of ether oxygens (including phenoxy) is 1. The van der Waals surface area contributed by atoms with Gasteiger partial charge in [0.1, 0.15) is 0 Å².